The molecule has 0 aliphatic rings. The average Bonchev–Trinajstić information content (AvgIpc) is 2.34. The van der Waals surface area contributed by atoms with Crippen LogP contribution in [0.5, 0.6) is 0 Å². The van der Waals surface area contributed by atoms with E-state index in [1.807, 2.05) is 37.3 Å². The molecular formula is C10H17O10P3. The molecule has 0 aliphatic carbocycles. The maximum atomic E-state index is 11.5. The fourth-order valence-corrected chi connectivity index (χ4v) is 4.63. The molecule has 0 heterocycles. The van der Waals surface area contributed by atoms with E-state index in [-0.39, 0.29) is 12.5 Å². The summed E-state index contributed by atoms with van der Waals surface area (Å²) in [6.45, 7) is 1.55. The third-order valence-corrected chi connectivity index (χ3v) is 6.43. The highest BCUT2D eigenvalue weighted by Gasteiger charge is 2.40. The van der Waals surface area contributed by atoms with Crippen LogP contribution < -0.4 is 0 Å². The van der Waals surface area contributed by atoms with E-state index in [4.69, 9.17) is 14.7 Å². The van der Waals surface area contributed by atoms with Crippen LogP contribution in [0.25, 0.3) is 0 Å². The zero-order valence-corrected chi connectivity index (χ0v) is 14.6. The first-order valence-corrected chi connectivity index (χ1v) is 10.8. The number of phosphoric acid groups is 3. The van der Waals surface area contributed by atoms with Crippen molar-refractivity contribution in [1.29, 1.82) is 0 Å². The Kier molecular flexibility index (Phi) is 7.32. The summed E-state index contributed by atoms with van der Waals surface area (Å²) in [6, 6.07) is 9.20. The summed E-state index contributed by atoms with van der Waals surface area (Å²) in [5, 5.41) is 0. The SMILES string of the molecule is CC(CCOP(=O)(O)OP(=O)(O)OP(=O)(O)O)c1ccccc1. The second-order valence-electron chi connectivity index (χ2n) is 4.52. The molecule has 0 fully saturated rings. The van der Waals surface area contributed by atoms with Gasteiger partial charge in [0.05, 0.1) is 6.61 Å². The molecule has 3 atom stereocenters. The van der Waals surface area contributed by atoms with Gasteiger partial charge in [0.15, 0.2) is 0 Å². The van der Waals surface area contributed by atoms with Crippen LogP contribution in [0.4, 0.5) is 0 Å². The maximum Gasteiger partial charge on any atom is 0.490 e. The summed E-state index contributed by atoms with van der Waals surface area (Å²) < 4.78 is 44.8. The molecule has 0 bridgehead atoms. The number of hydrogen-bond donors (Lipinski definition) is 4. The van der Waals surface area contributed by atoms with Gasteiger partial charge in [-0.25, -0.2) is 13.7 Å². The first kappa shape index (κ1) is 20.7. The Morgan fingerprint density at radius 2 is 1.52 bits per heavy atom. The van der Waals surface area contributed by atoms with Crippen molar-refractivity contribution in [1.82, 2.24) is 0 Å². The summed E-state index contributed by atoms with van der Waals surface area (Å²) in [4.78, 5) is 35.0. The van der Waals surface area contributed by atoms with Gasteiger partial charge in [0.25, 0.3) is 0 Å². The lowest BCUT2D eigenvalue weighted by Gasteiger charge is -2.17. The lowest BCUT2D eigenvalue weighted by Crippen LogP contribution is -2.02. The van der Waals surface area contributed by atoms with Gasteiger partial charge in [0.1, 0.15) is 0 Å². The molecule has 1 rings (SSSR count). The van der Waals surface area contributed by atoms with E-state index in [1.165, 1.54) is 0 Å². The molecule has 1 aromatic rings. The molecule has 23 heavy (non-hydrogen) atoms. The molecular weight excluding hydrogens is 373 g/mol. The molecule has 0 saturated heterocycles. The maximum absolute atomic E-state index is 11.5. The molecule has 132 valence electrons. The quantitative estimate of drug-likeness (QED) is 0.461. The number of phosphoric ester groups is 1. The number of hydrogen-bond acceptors (Lipinski definition) is 6. The minimum atomic E-state index is -5.46. The topological polar surface area (TPSA) is 160 Å². The van der Waals surface area contributed by atoms with E-state index in [2.05, 4.69) is 13.1 Å². The van der Waals surface area contributed by atoms with Gasteiger partial charge in [0, 0.05) is 0 Å². The van der Waals surface area contributed by atoms with Gasteiger partial charge in [-0.15, -0.1) is 0 Å². The molecule has 1 aromatic carbocycles. The normalized spacial score (nSPS) is 18.8. The van der Waals surface area contributed by atoms with E-state index in [0.29, 0.717) is 6.42 Å². The highest BCUT2D eigenvalue weighted by atomic mass is 31.3. The summed E-state index contributed by atoms with van der Waals surface area (Å²) in [5.41, 5.74) is 0.961. The molecule has 0 radical (unpaired) electrons. The smallest absolute Gasteiger partial charge is 0.302 e. The molecule has 13 heteroatoms. The highest BCUT2D eigenvalue weighted by Crippen LogP contribution is 2.66. The highest BCUT2D eigenvalue weighted by molar-refractivity contribution is 7.66. The van der Waals surface area contributed by atoms with Crippen LogP contribution in [0.2, 0.25) is 0 Å². The van der Waals surface area contributed by atoms with Crippen molar-refractivity contribution in [3.05, 3.63) is 35.9 Å². The molecule has 0 saturated carbocycles. The van der Waals surface area contributed by atoms with Crippen molar-refractivity contribution in [3.63, 3.8) is 0 Å². The van der Waals surface area contributed by atoms with Crippen molar-refractivity contribution in [3.8, 4) is 0 Å². The Morgan fingerprint density at radius 3 is 2.04 bits per heavy atom. The van der Waals surface area contributed by atoms with Crippen LogP contribution in [0.15, 0.2) is 30.3 Å². The van der Waals surface area contributed by atoms with Crippen LogP contribution in [0, 0.1) is 0 Å². The average molecular weight is 390 g/mol. The van der Waals surface area contributed by atoms with E-state index >= 15 is 0 Å². The van der Waals surface area contributed by atoms with Gasteiger partial charge < -0.3 is 19.6 Å². The number of benzene rings is 1. The predicted molar refractivity (Wildman–Crippen MR) is 79.3 cm³/mol. The molecule has 0 aromatic heterocycles. The molecule has 0 amide bonds. The van der Waals surface area contributed by atoms with Crippen LogP contribution in [0.1, 0.15) is 24.8 Å². The first-order valence-electron chi connectivity index (χ1n) is 6.23. The number of rotatable bonds is 9. The van der Waals surface area contributed by atoms with Crippen molar-refractivity contribution in [2.45, 2.75) is 19.3 Å². The standard InChI is InChI=1S/C10H17O10P3/c1-9(10-5-3-2-4-6-10)7-8-18-22(14,15)20-23(16,17)19-21(11,12)13/h2-6,9H,7-8H2,1H3,(H,14,15)(H,16,17)(H2,11,12,13). The molecule has 3 unspecified atom stereocenters. The third-order valence-electron chi connectivity index (χ3n) is 2.59. The van der Waals surface area contributed by atoms with E-state index in [9.17, 15) is 18.6 Å². The van der Waals surface area contributed by atoms with Gasteiger partial charge in [-0.05, 0) is 17.9 Å². The van der Waals surface area contributed by atoms with Crippen molar-refractivity contribution in [2.75, 3.05) is 6.61 Å². The second-order valence-corrected chi connectivity index (χ2v) is 8.94. The fourth-order valence-electron chi connectivity index (χ4n) is 1.60. The molecule has 10 nitrogen and oxygen atoms in total. The lowest BCUT2D eigenvalue weighted by atomic mass is 9.99. The van der Waals surface area contributed by atoms with Crippen molar-refractivity contribution in [2.24, 2.45) is 0 Å². The lowest BCUT2D eigenvalue weighted by molar-refractivity contribution is 0.169. The summed E-state index contributed by atoms with van der Waals surface area (Å²) in [6.07, 6.45) is 0.299. The fraction of sp³-hybridized carbons (Fsp3) is 0.400. The van der Waals surface area contributed by atoms with Crippen LogP contribution in [-0.2, 0) is 26.8 Å². The minimum absolute atomic E-state index is 0.0246. The summed E-state index contributed by atoms with van der Waals surface area (Å²) in [5.74, 6) is -0.0246. The van der Waals surface area contributed by atoms with Gasteiger partial charge in [-0.1, -0.05) is 37.3 Å². The Balaban J connectivity index is 2.51. The Labute approximate surface area is 132 Å². The van der Waals surface area contributed by atoms with Crippen LogP contribution in [-0.4, -0.2) is 26.2 Å². The summed E-state index contributed by atoms with van der Waals surface area (Å²) in [7, 11) is -15.9. The minimum Gasteiger partial charge on any atom is -0.302 e. The van der Waals surface area contributed by atoms with E-state index in [1.54, 1.807) is 0 Å². The van der Waals surface area contributed by atoms with Gasteiger partial charge in [-0.2, -0.15) is 8.62 Å². The molecule has 4 N–H and O–H groups in total. The monoisotopic (exact) mass is 390 g/mol. The zero-order valence-electron chi connectivity index (χ0n) is 12.0. The van der Waals surface area contributed by atoms with Gasteiger partial charge in [0.2, 0.25) is 0 Å². The predicted octanol–water partition coefficient (Wildman–Crippen LogP) is 2.52. The van der Waals surface area contributed by atoms with Crippen molar-refractivity contribution < 1.29 is 46.4 Å². The Hall–Kier alpha value is -0.370. The molecule has 0 aliphatic heterocycles. The molecule has 0 spiro atoms. The second kappa shape index (κ2) is 8.14. The Morgan fingerprint density at radius 1 is 0.957 bits per heavy atom. The van der Waals surface area contributed by atoms with Crippen molar-refractivity contribution >= 4 is 23.5 Å². The summed E-state index contributed by atoms with van der Waals surface area (Å²) >= 11 is 0. The van der Waals surface area contributed by atoms with E-state index < -0.39 is 23.5 Å². The zero-order chi connectivity index (χ0) is 17.7. The van der Waals surface area contributed by atoms with Crippen LogP contribution >= 0.6 is 23.5 Å². The Bertz CT molecular complexity index is 642. The van der Waals surface area contributed by atoms with Crippen LogP contribution in [0.3, 0.4) is 0 Å². The first-order chi connectivity index (χ1) is 10.4. The largest absolute Gasteiger partial charge is 0.490 e. The van der Waals surface area contributed by atoms with Gasteiger partial charge >= 0.3 is 23.5 Å². The third kappa shape index (κ3) is 8.88. The van der Waals surface area contributed by atoms with Gasteiger partial charge in [-0.3, -0.25) is 4.52 Å². The van der Waals surface area contributed by atoms with E-state index in [0.717, 1.165) is 5.56 Å².